The summed E-state index contributed by atoms with van der Waals surface area (Å²) < 4.78 is 5.00. The van der Waals surface area contributed by atoms with E-state index in [-0.39, 0.29) is 16.8 Å². The molecule has 0 aliphatic rings. The molecule has 0 bridgehead atoms. The lowest BCUT2D eigenvalue weighted by molar-refractivity contribution is -0.143. The molecular formula is C18H30O2S. The lowest BCUT2D eigenvalue weighted by Crippen LogP contribution is -2.11. The van der Waals surface area contributed by atoms with Crippen LogP contribution in [0.1, 0.15) is 76.6 Å². The van der Waals surface area contributed by atoms with Gasteiger partial charge in [0, 0.05) is 16.2 Å². The van der Waals surface area contributed by atoms with Crippen LogP contribution in [-0.2, 0) is 26.8 Å². The Morgan fingerprint density at radius 3 is 2.24 bits per heavy atom. The minimum Gasteiger partial charge on any atom is -0.466 e. The van der Waals surface area contributed by atoms with Crippen molar-refractivity contribution in [3.63, 3.8) is 0 Å². The molecule has 0 aliphatic carbocycles. The Kier molecular flexibility index (Phi) is 6.03. The lowest BCUT2D eigenvalue weighted by Gasteiger charge is -2.19. The highest BCUT2D eigenvalue weighted by Gasteiger charge is 2.25. The van der Waals surface area contributed by atoms with Crippen LogP contribution in [0.4, 0.5) is 0 Å². The van der Waals surface area contributed by atoms with Gasteiger partial charge in [-0.05, 0) is 42.2 Å². The molecule has 120 valence electrons. The Balaban J connectivity index is 2.85. The maximum absolute atomic E-state index is 11.5. The molecule has 0 N–H and O–H groups in total. The van der Waals surface area contributed by atoms with Gasteiger partial charge in [0.15, 0.2) is 0 Å². The molecule has 0 saturated heterocycles. The first-order chi connectivity index (χ1) is 9.55. The summed E-state index contributed by atoms with van der Waals surface area (Å²) in [4.78, 5) is 14.3. The molecule has 0 atom stereocenters. The second kappa shape index (κ2) is 6.95. The van der Waals surface area contributed by atoms with Crippen LogP contribution in [0.25, 0.3) is 0 Å². The van der Waals surface area contributed by atoms with Crippen LogP contribution >= 0.6 is 11.3 Å². The molecule has 1 aromatic heterocycles. The van der Waals surface area contributed by atoms with Crippen LogP contribution in [0.3, 0.4) is 0 Å². The molecule has 1 heterocycles. The number of ether oxygens (including phenoxy) is 1. The van der Waals surface area contributed by atoms with Crippen molar-refractivity contribution in [2.45, 2.75) is 78.6 Å². The molecule has 0 aliphatic heterocycles. The normalized spacial score (nSPS) is 12.5. The molecule has 1 rings (SSSR count). The molecule has 0 radical (unpaired) electrons. The maximum Gasteiger partial charge on any atom is 0.305 e. The van der Waals surface area contributed by atoms with Gasteiger partial charge in [0.25, 0.3) is 0 Å². The van der Waals surface area contributed by atoms with Gasteiger partial charge in [-0.1, -0.05) is 41.5 Å². The van der Waals surface area contributed by atoms with Gasteiger partial charge in [-0.25, -0.2) is 0 Å². The Morgan fingerprint density at radius 2 is 1.76 bits per heavy atom. The van der Waals surface area contributed by atoms with Gasteiger partial charge < -0.3 is 4.74 Å². The minimum absolute atomic E-state index is 0.0823. The zero-order chi connectivity index (χ0) is 16.3. The molecule has 3 heteroatoms. The molecule has 0 saturated carbocycles. The smallest absolute Gasteiger partial charge is 0.305 e. The monoisotopic (exact) mass is 310 g/mol. The number of carbonyl (C=O) groups excluding carboxylic acids is 1. The van der Waals surface area contributed by atoms with E-state index in [1.54, 1.807) is 0 Å². The Labute approximate surface area is 133 Å². The first-order valence-corrected chi connectivity index (χ1v) is 8.66. The van der Waals surface area contributed by atoms with Gasteiger partial charge in [-0.15, -0.1) is 11.3 Å². The van der Waals surface area contributed by atoms with E-state index >= 15 is 0 Å². The summed E-state index contributed by atoms with van der Waals surface area (Å²) in [5.41, 5.74) is 1.75. The number of thiophene rings is 1. The second-order valence-corrected chi connectivity index (χ2v) is 8.68. The fourth-order valence-corrected chi connectivity index (χ4v) is 3.60. The van der Waals surface area contributed by atoms with Crippen LogP contribution < -0.4 is 0 Å². The summed E-state index contributed by atoms with van der Waals surface area (Å²) in [6, 6.07) is 2.34. The Hall–Kier alpha value is -0.830. The van der Waals surface area contributed by atoms with E-state index in [2.05, 4.69) is 47.6 Å². The van der Waals surface area contributed by atoms with Crippen LogP contribution in [0, 0.1) is 0 Å². The van der Waals surface area contributed by atoms with E-state index in [4.69, 9.17) is 4.74 Å². The van der Waals surface area contributed by atoms with Crippen LogP contribution in [0.15, 0.2) is 6.07 Å². The quantitative estimate of drug-likeness (QED) is 0.696. The predicted molar refractivity (Wildman–Crippen MR) is 91.3 cm³/mol. The van der Waals surface area contributed by atoms with E-state index in [1.165, 1.54) is 15.3 Å². The summed E-state index contributed by atoms with van der Waals surface area (Å²) in [6.07, 6.45) is 2.33. The number of hydrogen-bond donors (Lipinski definition) is 0. The number of esters is 1. The van der Waals surface area contributed by atoms with Crippen molar-refractivity contribution < 1.29 is 9.53 Å². The molecule has 0 spiro atoms. The fraction of sp³-hybridized carbons (Fsp3) is 0.722. The number of hydrogen-bond acceptors (Lipinski definition) is 3. The van der Waals surface area contributed by atoms with Crippen LogP contribution in [-0.4, -0.2) is 12.6 Å². The van der Waals surface area contributed by atoms with Crippen molar-refractivity contribution in [2.24, 2.45) is 0 Å². The van der Waals surface area contributed by atoms with E-state index in [9.17, 15) is 4.79 Å². The molecule has 2 nitrogen and oxygen atoms in total. The van der Waals surface area contributed by atoms with Crippen molar-refractivity contribution >= 4 is 17.3 Å². The van der Waals surface area contributed by atoms with Crippen molar-refractivity contribution in [2.75, 3.05) is 6.61 Å². The van der Waals surface area contributed by atoms with Crippen molar-refractivity contribution in [1.29, 1.82) is 0 Å². The van der Waals surface area contributed by atoms with E-state index in [1.807, 2.05) is 18.3 Å². The summed E-state index contributed by atoms with van der Waals surface area (Å²) in [5.74, 6) is -0.0823. The summed E-state index contributed by atoms with van der Waals surface area (Å²) in [6.45, 7) is 15.9. The highest BCUT2D eigenvalue weighted by molar-refractivity contribution is 7.12. The number of carbonyl (C=O) groups is 1. The Morgan fingerprint density at radius 1 is 1.14 bits per heavy atom. The van der Waals surface area contributed by atoms with Gasteiger partial charge in [-0.2, -0.15) is 0 Å². The Bertz CT molecular complexity index is 472. The summed E-state index contributed by atoms with van der Waals surface area (Å²) in [7, 11) is 0. The third kappa shape index (κ3) is 5.46. The second-order valence-electron chi connectivity index (χ2n) is 7.62. The third-order valence-corrected chi connectivity index (χ3v) is 5.39. The predicted octanol–water partition coefficient (Wildman–Crippen LogP) is 5.23. The molecule has 21 heavy (non-hydrogen) atoms. The van der Waals surface area contributed by atoms with Crippen molar-refractivity contribution in [1.82, 2.24) is 0 Å². The zero-order valence-electron chi connectivity index (χ0n) is 14.6. The average molecular weight is 311 g/mol. The number of rotatable bonds is 5. The van der Waals surface area contributed by atoms with E-state index in [0.717, 1.165) is 12.8 Å². The van der Waals surface area contributed by atoms with Crippen molar-refractivity contribution in [3.05, 3.63) is 21.4 Å². The molecule has 0 fully saturated rings. The van der Waals surface area contributed by atoms with Crippen LogP contribution in [0.2, 0.25) is 0 Å². The summed E-state index contributed by atoms with van der Waals surface area (Å²) in [5, 5.41) is 0. The van der Waals surface area contributed by atoms with Gasteiger partial charge in [0.05, 0.1) is 6.61 Å². The number of aryl methyl sites for hydroxylation is 1. The van der Waals surface area contributed by atoms with Gasteiger partial charge in [0.1, 0.15) is 0 Å². The van der Waals surface area contributed by atoms with Gasteiger partial charge >= 0.3 is 5.97 Å². The highest BCUT2D eigenvalue weighted by Crippen LogP contribution is 2.39. The van der Waals surface area contributed by atoms with Crippen molar-refractivity contribution in [3.8, 4) is 0 Å². The topological polar surface area (TPSA) is 26.3 Å². The molecule has 0 unspecified atom stereocenters. The first-order valence-electron chi connectivity index (χ1n) is 7.85. The van der Waals surface area contributed by atoms with Crippen LogP contribution in [0.5, 0.6) is 0 Å². The van der Waals surface area contributed by atoms with E-state index < -0.39 is 0 Å². The molecule has 0 amide bonds. The fourth-order valence-electron chi connectivity index (χ4n) is 2.28. The first kappa shape index (κ1) is 18.2. The van der Waals surface area contributed by atoms with Gasteiger partial charge in [-0.3, -0.25) is 4.79 Å². The molecular weight excluding hydrogens is 280 g/mol. The van der Waals surface area contributed by atoms with Gasteiger partial charge in [0.2, 0.25) is 0 Å². The average Bonchev–Trinajstić information content (AvgIpc) is 2.73. The third-order valence-electron chi connectivity index (χ3n) is 3.36. The zero-order valence-corrected chi connectivity index (χ0v) is 15.4. The highest BCUT2D eigenvalue weighted by atomic mass is 32.1. The molecule has 1 aromatic rings. The summed E-state index contributed by atoms with van der Waals surface area (Å²) >= 11 is 1.93. The lowest BCUT2D eigenvalue weighted by atomic mass is 9.88. The minimum atomic E-state index is -0.0823. The van der Waals surface area contributed by atoms with E-state index in [0.29, 0.717) is 13.0 Å². The SMILES string of the molecule is CCOC(=O)CCCc1cc(C(C)(C)C)sc1C(C)(C)C. The largest absolute Gasteiger partial charge is 0.466 e. The maximum atomic E-state index is 11.5. The molecule has 0 aromatic carbocycles. The standard InChI is InChI=1S/C18H30O2S/c1-8-20-15(19)11-9-10-13-12-14(17(2,3)4)21-16(13)18(5,6)7/h12H,8-11H2,1-7H3.